The van der Waals surface area contributed by atoms with Crippen LogP contribution in [0.15, 0.2) is 201 Å². The minimum absolute atomic E-state index is 0.624. The van der Waals surface area contributed by atoms with Crippen LogP contribution in [0.5, 0.6) is 0 Å². The predicted molar refractivity (Wildman–Crippen MR) is 222 cm³/mol. The Morgan fingerprint density at radius 1 is 0.358 bits per heavy atom. The summed E-state index contributed by atoms with van der Waals surface area (Å²) in [6.45, 7) is 5.97. The van der Waals surface area contributed by atoms with E-state index in [4.69, 9.17) is 15.0 Å². The molecule has 0 bridgehead atoms. The molecule has 0 spiro atoms. The normalized spacial score (nSPS) is 11.3. The monoisotopic (exact) mass is 679 g/mol. The lowest BCUT2D eigenvalue weighted by Crippen LogP contribution is -2.00. The van der Waals surface area contributed by atoms with Crippen LogP contribution in [0.3, 0.4) is 0 Å². The van der Waals surface area contributed by atoms with Crippen LogP contribution in [0, 0.1) is 0 Å². The van der Waals surface area contributed by atoms with Crippen LogP contribution in [0.4, 0.5) is 0 Å². The van der Waals surface area contributed by atoms with Crippen LogP contribution < -0.4 is 0 Å². The largest absolute Gasteiger partial charge is 0.208 e. The minimum Gasteiger partial charge on any atom is -0.208 e. The zero-order valence-electron chi connectivity index (χ0n) is 29.5. The topological polar surface area (TPSA) is 38.7 Å². The average molecular weight is 680 g/mol. The fourth-order valence-electron chi connectivity index (χ4n) is 6.58. The van der Waals surface area contributed by atoms with Gasteiger partial charge in [-0.05, 0) is 80.8 Å². The van der Waals surface area contributed by atoms with E-state index in [1.807, 2.05) is 24.3 Å². The van der Waals surface area contributed by atoms with Crippen molar-refractivity contribution in [2.24, 2.45) is 0 Å². The van der Waals surface area contributed by atoms with Crippen molar-refractivity contribution in [3.8, 4) is 78.7 Å². The standard InChI is InChI=1S/C50H37N3/c1-3-13-35(2)42-18-10-19-43(32-42)44-20-11-21-45(33-44)46-22-12-23-47(34-46)50-52-48(40-28-24-38(25-29-40)36-14-6-4-7-15-36)51-49(53-50)41-30-26-39(27-31-41)37-16-8-5-9-17-37/h3-34H,1H2,2H3/b35-13+. The maximum absolute atomic E-state index is 5.07. The average Bonchev–Trinajstić information content (AvgIpc) is 3.24. The molecule has 0 amide bonds. The summed E-state index contributed by atoms with van der Waals surface area (Å²) in [5, 5.41) is 0. The van der Waals surface area contributed by atoms with Crippen molar-refractivity contribution in [3.05, 3.63) is 206 Å². The van der Waals surface area contributed by atoms with Crippen molar-refractivity contribution in [1.82, 2.24) is 15.0 Å². The highest BCUT2D eigenvalue weighted by atomic mass is 15.0. The van der Waals surface area contributed by atoms with Gasteiger partial charge in [-0.2, -0.15) is 0 Å². The summed E-state index contributed by atoms with van der Waals surface area (Å²) in [7, 11) is 0. The van der Waals surface area contributed by atoms with Gasteiger partial charge in [-0.25, -0.2) is 15.0 Å². The molecule has 7 aromatic carbocycles. The Bertz CT molecular complexity index is 2450. The van der Waals surface area contributed by atoms with Gasteiger partial charge in [0.15, 0.2) is 17.5 Å². The lowest BCUT2D eigenvalue weighted by molar-refractivity contribution is 1.07. The van der Waals surface area contributed by atoms with E-state index in [1.54, 1.807) is 0 Å². The lowest BCUT2D eigenvalue weighted by atomic mass is 9.96. The number of hydrogen-bond acceptors (Lipinski definition) is 3. The summed E-state index contributed by atoms with van der Waals surface area (Å²) in [5.74, 6) is 1.88. The Hall–Kier alpha value is -6.97. The number of rotatable bonds is 9. The number of benzene rings is 7. The fraction of sp³-hybridized carbons (Fsp3) is 0.0200. The van der Waals surface area contributed by atoms with Crippen LogP contribution >= 0.6 is 0 Å². The summed E-state index contributed by atoms with van der Waals surface area (Å²) < 4.78 is 0. The molecule has 53 heavy (non-hydrogen) atoms. The van der Waals surface area contributed by atoms with Gasteiger partial charge in [0.25, 0.3) is 0 Å². The Kier molecular flexibility index (Phi) is 9.46. The molecule has 8 rings (SSSR count). The molecule has 0 N–H and O–H groups in total. The Balaban J connectivity index is 1.18. The van der Waals surface area contributed by atoms with E-state index in [2.05, 4.69) is 183 Å². The van der Waals surface area contributed by atoms with E-state index < -0.39 is 0 Å². The lowest BCUT2D eigenvalue weighted by Gasteiger charge is -2.11. The Labute approximate surface area is 311 Å². The van der Waals surface area contributed by atoms with E-state index in [1.165, 1.54) is 27.8 Å². The molecule has 0 aliphatic heterocycles. The fourth-order valence-corrected chi connectivity index (χ4v) is 6.58. The summed E-state index contributed by atoms with van der Waals surface area (Å²) >= 11 is 0. The van der Waals surface area contributed by atoms with Crippen LogP contribution in [0.1, 0.15) is 12.5 Å². The van der Waals surface area contributed by atoms with E-state index in [0.717, 1.165) is 44.5 Å². The van der Waals surface area contributed by atoms with Gasteiger partial charge in [0.2, 0.25) is 0 Å². The third-order valence-corrected chi connectivity index (χ3v) is 9.47. The van der Waals surface area contributed by atoms with Crippen LogP contribution in [-0.4, -0.2) is 15.0 Å². The minimum atomic E-state index is 0.624. The second kappa shape index (κ2) is 15.1. The highest BCUT2D eigenvalue weighted by Gasteiger charge is 2.14. The van der Waals surface area contributed by atoms with Crippen molar-refractivity contribution in [2.45, 2.75) is 6.92 Å². The summed E-state index contributed by atoms with van der Waals surface area (Å²) in [6.07, 6.45) is 3.87. The van der Waals surface area contributed by atoms with Crippen molar-refractivity contribution in [3.63, 3.8) is 0 Å². The van der Waals surface area contributed by atoms with Gasteiger partial charge in [-0.3, -0.25) is 0 Å². The number of hydrogen-bond donors (Lipinski definition) is 0. The van der Waals surface area contributed by atoms with Gasteiger partial charge < -0.3 is 0 Å². The molecule has 0 saturated carbocycles. The molecule has 0 atom stereocenters. The smallest absolute Gasteiger partial charge is 0.164 e. The van der Waals surface area contributed by atoms with E-state index in [9.17, 15) is 0 Å². The molecule has 0 saturated heterocycles. The first kappa shape index (κ1) is 33.2. The van der Waals surface area contributed by atoms with Crippen molar-refractivity contribution in [2.75, 3.05) is 0 Å². The molecule has 0 fully saturated rings. The zero-order valence-corrected chi connectivity index (χ0v) is 29.5. The quantitative estimate of drug-likeness (QED) is 0.143. The molecule has 3 nitrogen and oxygen atoms in total. The van der Waals surface area contributed by atoms with Crippen LogP contribution in [0.25, 0.3) is 84.2 Å². The molecule has 1 heterocycles. The molecule has 0 aliphatic carbocycles. The number of allylic oxidation sites excluding steroid dienone is 3. The SMILES string of the molecule is C=C/C=C(\C)c1cccc(-c2cccc(-c3cccc(-c4nc(-c5ccc(-c6ccccc6)cc5)nc(-c5ccc(-c6ccccc6)cc5)n4)c3)c2)c1. The molecule has 1 aromatic heterocycles. The maximum atomic E-state index is 5.07. The first-order valence-corrected chi connectivity index (χ1v) is 17.8. The van der Waals surface area contributed by atoms with Crippen LogP contribution in [-0.2, 0) is 0 Å². The van der Waals surface area contributed by atoms with Gasteiger partial charge in [0, 0.05) is 16.7 Å². The van der Waals surface area contributed by atoms with Gasteiger partial charge in [-0.15, -0.1) is 0 Å². The van der Waals surface area contributed by atoms with Crippen molar-refractivity contribution < 1.29 is 0 Å². The summed E-state index contributed by atoms with van der Waals surface area (Å²) in [6, 6.07) is 63.5. The molecule has 3 heteroatoms. The Morgan fingerprint density at radius 3 is 1.17 bits per heavy atom. The predicted octanol–water partition coefficient (Wildman–Crippen LogP) is 13.1. The molecule has 252 valence electrons. The summed E-state index contributed by atoms with van der Waals surface area (Å²) in [4.78, 5) is 15.2. The number of aromatic nitrogens is 3. The first-order valence-electron chi connectivity index (χ1n) is 17.8. The number of nitrogens with zero attached hydrogens (tertiary/aromatic N) is 3. The third kappa shape index (κ3) is 7.42. The second-order valence-corrected chi connectivity index (χ2v) is 13.0. The molecule has 0 radical (unpaired) electrons. The highest BCUT2D eigenvalue weighted by Crippen LogP contribution is 2.32. The van der Waals surface area contributed by atoms with E-state index in [0.29, 0.717) is 17.5 Å². The maximum Gasteiger partial charge on any atom is 0.164 e. The van der Waals surface area contributed by atoms with Gasteiger partial charge in [0.1, 0.15) is 0 Å². The van der Waals surface area contributed by atoms with Gasteiger partial charge in [0.05, 0.1) is 0 Å². The van der Waals surface area contributed by atoms with Crippen molar-refractivity contribution in [1.29, 1.82) is 0 Å². The molecule has 0 unspecified atom stereocenters. The molecule has 8 aromatic rings. The van der Waals surface area contributed by atoms with E-state index >= 15 is 0 Å². The first-order chi connectivity index (χ1) is 26.1. The van der Waals surface area contributed by atoms with Crippen LogP contribution in [0.2, 0.25) is 0 Å². The third-order valence-electron chi connectivity index (χ3n) is 9.47. The van der Waals surface area contributed by atoms with E-state index in [-0.39, 0.29) is 0 Å². The van der Waals surface area contributed by atoms with Gasteiger partial charge in [-0.1, -0.05) is 183 Å². The molecular weight excluding hydrogens is 643 g/mol. The van der Waals surface area contributed by atoms with Gasteiger partial charge >= 0.3 is 0 Å². The zero-order chi connectivity index (χ0) is 36.0. The second-order valence-electron chi connectivity index (χ2n) is 13.0. The Morgan fingerprint density at radius 2 is 0.698 bits per heavy atom. The highest BCUT2D eigenvalue weighted by molar-refractivity contribution is 5.79. The molecule has 0 aliphatic rings. The molecular formula is C50H37N3. The van der Waals surface area contributed by atoms with Crippen molar-refractivity contribution >= 4 is 5.57 Å². The summed E-state index contributed by atoms with van der Waals surface area (Å²) in [5.41, 5.74) is 14.3.